The SMILES string of the molecule is CO[C@@]1(C(=O)Nc2ccc3[nH]nc(-c4ccc(F)cc4)c3c2)CCN(CC(=O)N2CCN(c3ccc(-c4ncccn4)cc3)C[C@H]2C)C1. The number of H-pyrrole nitrogens is 1. The molecule has 12 heteroatoms. The number of carbonyl (C=O) groups is 2. The van der Waals surface area contributed by atoms with E-state index in [1.807, 2.05) is 34.1 Å². The highest BCUT2D eigenvalue weighted by molar-refractivity contribution is 6.01. The van der Waals surface area contributed by atoms with Gasteiger partial charge in [0, 0.05) is 86.2 Å². The number of piperazine rings is 1. The molecular weight excluding hydrogens is 611 g/mol. The first-order chi connectivity index (χ1) is 23.3. The highest BCUT2D eigenvalue weighted by Gasteiger charge is 2.46. The van der Waals surface area contributed by atoms with Crippen molar-refractivity contribution in [1.82, 2.24) is 30.0 Å². The number of rotatable bonds is 8. The van der Waals surface area contributed by atoms with Crippen molar-refractivity contribution in [3.63, 3.8) is 0 Å². The summed E-state index contributed by atoms with van der Waals surface area (Å²) in [6.45, 7) is 5.23. The summed E-state index contributed by atoms with van der Waals surface area (Å²) in [6, 6.07) is 21.7. The van der Waals surface area contributed by atoms with Gasteiger partial charge in [-0.05, 0) is 86.1 Å². The van der Waals surface area contributed by atoms with Crippen LogP contribution in [0.3, 0.4) is 0 Å². The van der Waals surface area contributed by atoms with E-state index in [-0.39, 0.29) is 30.2 Å². The van der Waals surface area contributed by atoms with Crippen molar-refractivity contribution in [1.29, 1.82) is 0 Å². The normalized spacial score (nSPS) is 19.9. The molecule has 7 rings (SSSR count). The standard InChI is InChI=1S/C36H37FN8O3/c1-24-21-44(29-11-6-26(7-12-29)34-38-15-3-16-39-34)18-19-45(24)32(46)22-43-17-14-36(23-43,48-2)35(47)40-28-10-13-31-30(20-28)33(42-41-31)25-4-8-27(37)9-5-25/h3-13,15-16,20,24H,14,17-19,21-23H2,1-2H3,(H,40,47)(H,41,42)/t24-,36+/m1/s1. The van der Waals surface area contributed by atoms with Gasteiger partial charge >= 0.3 is 0 Å². The van der Waals surface area contributed by atoms with Gasteiger partial charge < -0.3 is 19.9 Å². The molecule has 2 N–H and O–H groups in total. The molecule has 0 aliphatic carbocycles. The summed E-state index contributed by atoms with van der Waals surface area (Å²) in [4.78, 5) is 42.1. The first-order valence-corrected chi connectivity index (χ1v) is 16.1. The maximum absolute atomic E-state index is 13.7. The number of halogens is 1. The number of hydrogen-bond donors (Lipinski definition) is 2. The molecule has 0 radical (unpaired) electrons. The largest absolute Gasteiger partial charge is 0.368 e. The van der Waals surface area contributed by atoms with Crippen LogP contribution in [0.2, 0.25) is 0 Å². The van der Waals surface area contributed by atoms with Gasteiger partial charge in [0.25, 0.3) is 5.91 Å². The van der Waals surface area contributed by atoms with Crippen LogP contribution >= 0.6 is 0 Å². The number of ether oxygens (including phenoxy) is 1. The summed E-state index contributed by atoms with van der Waals surface area (Å²) in [5.41, 5.74) is 3.79. The molecule has 4 heterocycles. The van der Waals surface area contributed by atoms with E-state index in [1.54, 1.807) is 36.7 Å². The number of aromatic nitrogens is 4. The Bertz CT molecular complexity index is 1920. The van der Waals surface area contributed by atoms with Crippen LogP contribution in [0.25, 0.3) is 33.5 Å². The number of fused-ring (bicyclic) bond motifs is 1. The second kappa shape index (κ2) is 13.1. The predicted molar refractivity (Wildman–Crippen MR) is 182 cm³/mol. The third-order valence-corrected chi connectivity index (χ3v) is 9.42. The fourth-order valence-electron chi connectivity index (χ4n) is 6.72. The van der Waals surface area contributed by atoms with Gasteiger partial charge in [-0.1, -0.05) is 0 Å². The Labute approximate surface area is 277 Å². The molecule has 0 spiro atoms. The lowest BCUT2D eigenvalue weighted by Gasteiger charge is -2.41. The number of methoxy groups -OCH3 is 1. The zero-order chi connectivity index (χ0) is 33.3. The van der Waals surface area contributed by atoms with Gasteiger partial charge in [0.1, 0.15) is 5.82 Å². The molecule has 246 valence electrons. The Kier molecular flexibility index (Phi) is 8.59. The molecule has 2 aliphatic heterocycles. The molecule has 2 aliphatic rings. The predicted octanol–water partition coefficient (Wildman–Crippen LogP) is 4.59. The number of benzene rings is 3. The Morgan fingerprint density at radius 3 is 2.48 bits per heavy atom. The summed E-state index contributed by atoms with van der Waals surface area (Å²) in [5.74, 6) is 0.152. The third-order valence-electron chi connectivity index (χ3n) is 9.42. The van der Waals surface area contributed by atoms with E-state index in [0.29, 0.717) is 43.3 Å². The monoisotopic (exact) mass is 648 g/mol. The Balaban J connectivity index is 0.956. The lowest BCUT2D eigenvalue weighted by atomic mass is 10.0. The number of aromatic amines is 1. The van der Waals surface area contributed by atoms with Gasteiger partial charge in [-0.15, -0.1) is 0 Å². The minimum atomic E-state index is -1.09. The van der Waals surface area contributed by atoms with Gasteiger partial charge in [-0.2, -0.15) is 5.10 Å². The summed E-state index contributed by atoms with van der Waals surface area (Å²) in [7, 11) is 1.54. The summed E-state index contributed by atoms with van der Waals surface area (Å²) >= 11 is 0. The average molecular weight is 649 g/mol. The zero-order valence-electron chi connectivity index (χ0n) is 26.9. The first-order valence-electron chi connectivity index (χ1n) is 16.1. The van der Waals surface area contributed by atoms with E-state index in [1.165, 1.54) is 19.2 Å². The van der Waals surface area contributed by atoms with E-state index in [0.717, 1.165) is 40.8 Å². The molecule has 2 atom stereocenters. The van der Waals surface area contributed by atoms with Crippen LogP contribution < -0.4 is 10.2 Å². The van der Waals surface area contributed by atoms with Gasteiger partial charge in [0.15, 0.2) is 11.4 Å². The van der Waals surface area contributed by atoms with Crippen molar-refractivity contribution in [2.75, 3.05) is 56.6 Å². The minimum Gasteiger partial charge on any atom is -0.368 e. The van der Waals surface area contributed by atoms with Gasteiger partial charge in [0.2, 0.25) is 5.91 Å². The van der Waals surface area contributed by atoms with Crippen LogP contribution in [0.4, 0.5) is 15.8 Å². The number of hydrogen-bond acceptors (Lipinski definition) is 8. The van der Waals surface area contributed by atoms with Gasteiger partial charge in [0.05, 0.1) is 17.8 Å². The number of likely N-dealkylation sites (tertiary alicyclic amines) is 1. The van der Waals surface area contributed by atoms with Crippen molar-refractivity contribution in [3.05, 3.63) is 91.0 Å². The molecule has 5 aromatic rings. The van der Waals surface area contributed by atoms with Crippen molar-refractivity contribution in [2.24, 2.45) is 0 Å². The van der Waals surface area contributed by atoms with Crippen LogP contribution in [0.5, 0.6) is 0 Å². The van der Waals surface area contributed by atoms with E-state index >= 15 is 0 Å². The lowest BCUT2D eigenvalue weighted by Crippen LogP contribution is -2.56. The molecule has 11 nitrogen and oxygen atoms in total. The first kappa shape index (κ1) is 31.4. The summed E-state index contributed by atoms with van der Waals surface area (Å²) < 4.78 is 19.3. The molecule has 0 saturated carbocycles. The summed E-state index contributed by atoms with van der Waals surface area (Å²) in [5, 5.41) is 11.2. The average Bonchev–Trinajstić information content (AvgIpc) is 3.74. The second-order valence-corrected chi connectivity index (χ2v) is 12.5. The number of nitrogens with one attached hydrogen (secondary N) is 2. The number of nitrogens with zero attached hydrogens (tertiary/aromatic N) is 6. The molecule has 2 saturated heterocycles. The molecule has 48 heavy (non-hydrogen) atoms. The topological polar surface area (TPSA) is 120 Å². The zero-order valence-corrected chi connectivity index (χ0v) is 26.9. The van der Waals surface area contributed by atoms with Crippen molar-refractivity contribution < 1.29 is 18.7 Å². The Morgan fingerprint density at radius 1 is 1.00 bits per heavy atom. The molecule has 3 aromatic carbocycles. The van der Waals surface area contributed by atoms with Crippen molar-refractivity contribution in [2.45, 2.75) is 25.0 Å². The molecule has 2 aromatic heterocycles. The van der Waals surface area contributed by atoms with Crippen LogP contribution in [0.15, 0.2) is 85.2 Å². The molecule has 2 amide bonds. The number of amides is 2. The van der Waals surface area contributed by atoms with Crippen LogP contribution in [-0.4, -0.2) is 99.8 Å². The summed E-state index contributed by atoms with van der Waals surface area (Å²) in [6.07, 6.45) is 3.93. The van der Waals surface area contributed by atoms with Crippen LogP contribution in [-0.2, 0) is 14.3 Å². The van der Waals surface area contributed by atoms with Gasteiger partial charge in [-0.3, -0.25) is 19.6 Å². The minimum absolute atomic E-state index is 0.0269. The molecule has 2 fully saturated rings. The van der Waals surface area contributed by atoms with E-state index < -0.39 is 5.60 Å². The highest BCUT2D eigenvalue weighted by Crippen LogP contribution is 2.31. The fraction of sp³-hybridized carbons (Fsp3) is 0.306. The smallest absolute Gasteiger partial charge is 0.258 e. The maximum Gasteiger partial charge on any atom is 0.258 e. The maximum atomic E-state index is 13.7. The molecule has 0 unspecified atom stereocenters. The quantitative estimate of drug-likeness (QED) is 0.251. The molecule has 0 bridgehead atoms. The lowest BCUT2D eigenvalue weighted by molar-refractivity contribution is -0.138. The van der Waals surface area contributed by atoms with Gasteiger partial charge in [-0.25, -0.2) is 14.4 Å². The van der Waals surface area contributed by atoms with Crippen molar-refractivity contribution in [3.8, 4) is 22.6 Å². The van der Waals surface area contributed by atoms with E-state index in [4.69, 9.17) is 4.74 Å². The van der Waals surface area contributed by atoms with Crippen molar-refractivity contribution >= 4 is 34.1 Å². The number of carbonyl (C=O) groups excluding carboxylic acids is 2. The van der Waals surface area contributed by atoms with Crippen LogP contribution in [0.1, 0.15) is 13.3 Å². The Morgan fingerprint density at radius 2 is 1.75 bits per heavy atom. The number of anilines is 2. The third kappa shape index (κ3) is 6.24. The van der Waals surface area contributed by atoms with Crippen LogP contribution in [0, 0.1) is 5.82 Å². The van der Waals surface area contributed by atoms with E-state index in [2.05, 4.69) is 49.4 Å². The fourth-order valence-corrected chi connectivity index (χ4v) is 6.72. The highest BCUT2D eigenvalue weighted by atomic mass is 19.1. The second-order valence-electron chi connectivity index (χ2n) is 12.5. The molecular formula is C36H37FN8O3. The van der Waals surface area contributed by atoms with E-state index in [9.17, 15) is 14.0 Å². The Hall–Kier alpha value is -5.20.